The number of nitrogens with one attached hydrogen (secondary N) is 1. The van der Waals surface area contributed by atoms with Crippen LogP contribution in [0.2, 0.25) is 0 Å². The molecule has 0 atom stereocenters. The molecule has 1 aromatic rings. The van der Waals surface area contributed by atoms with E-state index in [1.165, 1.54) is 11.1 Å². The average molecular weight is 402 g/mol. The first-order valence-electron chi connectivity index (χ1n) is 10.3. The van der Waals surface area contributed by atoms with E-state index in [1.54, 1.807) is 14.2 Å². The Hall–Kier alpha value is -2.23. The van der Waals surface area contributed by atoms with Crippen LogP contribution >= 0.6 is 0 Å². The minimum Gasteiger partial charge on any atom is -0.493 e. The van der Waals surface area contributed by atoms with Crippen LogP contribution in [0.5, 0.6) is 11.5 Å². The molecule has 2 rings (SSSR count). The molecule has 1 heterocycles. The van der Waals surface area contributed by atoms with Crippen molar-refractivity contribution in [1.29, 1.82) is 0 Å². The van der Waals surface area contributed by atoms with Crippen molar-refractivity contribution in [3.63, 3.8) is 0 Å². The molecule has 29 heavy (non-hydrogen) atoms. The number of aryl methyl sites for hydroxylation is 1. The van der Waals surface area contributed by atoms with Gasteiger partial charge in [-0.1, -0.05) is 19.8 Å². The standard InChI is InChI=1S/C23H35N3O3/c1-7-23(8-2,9-3)24-22(27)17-26-12-10-25(11-13-26)16-19-15-21(29-6)20(28-5)14-18(19)4/h1,14-15H,8-13,16-17H2,2-6H3,(H,24,27). The molecule has 1 amide bonds. The van der Waals surface area contributed by atoms with Crippen molar-refractivity contribution < 1.29 is 14.3 Å². The predicted molar refractivity (Wildman–Crippen MR) is 116 cm³/mol. The Morgan fingerprint density at radius 1 is 1.10 bits per heavy atom. The van der Waals surface area contributed by atoms with Gasteiger partial charge in [0.2, 0.25) is 5.91 Å². The molecule has 1 aliphatic rings. The zero-order valence-corrected chi connectivity index (χ0v) is 18.5. The number of hydrogen-bond acceptors (Lipinski definition) is 5. The van der Waals surface area contributed by atoms with E-state index in [-0.39, 0.29) is 5.91 Å². The lowest BCUT2D eigenvalue weighted by Crippen LogP contribution is -2.53. The highest BCUT2D eigenvalue weighted by atomic mass is 16.5. The minimum atomic E-state index is -0.524. The van der Waals surface area contributed by atoms with Crippen LogP contribution in [0.25, 0.3) is 0 Å². The summed E-state index contributed by atoms with van der Waals surface area (Å²) in [7, 11) is 3.31. The molecule has 0 radical (unpaired) electrons. The van der Waals surface area contributed by atoms with Gasteiger partial charge in [0.25, 0.3) is 0 Å². The Morgan fingerprint density at radius 2 is 1.66 bits per heavy atom. The largest absolute Gasteiger partial charge is 0.493 e. The number of carbonyl (C=O) groups excluding carboxylic acids is 1. The third kappa shape index (κ3) is 5.88. The number of piperazine rings is 1. The van der Waals surface area contributed by atoms with Gasteiger partial charge in [0.15, 0.2) is 11.5 Å². The molecule has 1 aromatic carbocycles. The van der Waals surface area contributed by atoms with Crippen LogP contribution in [0.4, 0.5) is 0 Å². The molecule has 1 saturated heterocycles. The normalized spacial score (nSPS) is 15.6. The number of terminal acetylenes is 1. The second-order valence-electron chi connectivity index (χ2n) is 7.67. The molecule has 1 N–H and O–H groups in total. The quantitative estimate of drug-likeness (QED) is 0.644. The fourth-order valence-electron chi connectivity index (χ4n) is 3.72. The molecule has 1 aliphatic heterocycles. The van der Waals surface area contributed by atoms with E-state index < -0.39 is 5.54 Å². The van der Waals surface area contributed by atoms with Gasteiger partial charge in [-0.15, -0.1) is 6.42 Å². The van der Waals surface area contributed by atoms with Gasteiger partial charge in [0, 0.05) is 32.7 Å². The summed E-state index contributed by atoms with van der Waals surface area (Å²) in [6, 6.07) is 4.08. The van der Waals surface area contributed by atoms with Crippen molar-refractivity contribution in [3.8, 4) is 23.8 Å². The maximum atomic E-state index is 12.5. The van der Waals surface area contributed by atoms with E-state index >= 15 is 0 Å². The number of rotatable bonds is 9. The number of amides is 1. The summed E-state index contributed by atoms with van der Waals surface area (Å²) in [4.78, 5) is 17.1. The lowest BCUT2D eigenvalue weighted by atomic mass is 9.94. The van der Waals surface area contributed by atoms with Crippen LogP contribution in [0.3, 0.4) is 0 Å². The van der Waals surface area contributed by atoms with Gasteiger partial charge >= 0.3 is 0 Å². The number of benzene rings is 1. The Kier molecular flexibility index (Phi) is 8.36. The van der Waals surface area contributed by atoms with E-state index in [0.29, 0.717) is 6.54 Å². The first-order chi connectivity index (χ1) is 13.9. The summed E-state index contributed by atoms with van der Waals surface area (Å²) in [5, 5.41) is 3.05. The summed E-state index contributed by atoms with van der Waals surface area (Å²) in [5.74, 6) is 4.29. The number of ether oxygens (including phenoxy) is 2. The molecular weight excluding hydrogens is 366 g/mol. The topological polar surface area (TPSA) is 54.0 Å². The minimum absolute atomic E-state index is 0.0100. The molecule has 0 aromatic heterocycles. The maximum absolute atomic E-state index is 12.5. The summed E-state index contributed by atoms with van der Waals surface area (Å²) in [6.45, 7) is 10.9. The fraction of sp³-hybridized carbons (Fsp3) is 0.609. The molecule has 1 fully saturated rings. The van der Waals surface area contributed by atoms with Gasteiger partial charge < -0.3 is 14.8 Å². The van der Waals surface area contributed by atoms with Crippen molar-refractivity contribution in [2.75, 3.05) is 46.9 Å². The molecule has 0 spiro atoms. The molecular formula is C23H35N3O3. The van der Waals surface area contributed by atoms with Gasteiger partial charge in [-0.25, -0.2) is 0 Å². The van der Waals surface area contributed by atoms with Crippen molar-refractivity contribution >= 4 is 5.91 Å². The van der Waals surface area contributed by atoms with Gasteiger partial charge in [-0.2, -0.15) is 0 Å². The monoisotopic (exact) mass is 401 g/mol. The Balaban J connectivity index is 1.88. The van der Waals surface area contributed by atoms with E-state index in [4.69, 9.17) is 15.9 Å². The zero-order valence-electron chi connectivity index (χ0n) is 18.5. The van der Waals surface area contributed by atoms with Crippen molar-refractivity contribution in [1.82, 2.24) is 15.1 Å². The van der Waals surface area contributed by atoms with Crippen LogP contribution in [-0.4, -0.2) is 68.2 Å². The lowest BCUT2D eigenvalue weighted by molar-refractivity contribution is -0.124. The molecule has 0 saturated carbocycles. The number of hydrogen-bond donors (Lipinski definition) is 1. The second-order valence-corrected chi connectivity index (χ2v) is 7.67. The van der Waals surface area contributed by atoms with Crippen molar-refractivity contribution in [3.05, 3.63) is 23.3 Å². The maximum Gasteiger partial charge on any atom is 0.235 e. The van der Waals surface area contributed by atoms with Crippen molar-refractivity contribution in [2.24, 2.45) is 0 Å². The predicted octanol–water partition coefficient (Wildman–Crippen LogP) is 2.44. The van der Waals surface area contributed by atoms with Gasteiger partial charge in [-0.3, -0.25) is 14.6 Å². The smallest absolute Gasteiger partial charge is 0.235 e. The molecule has 0 aliphatic carbocycles. The van der Waals surface area contributed by atoms with E-state index in [1.807, 2.05) is 19.9 Å². The highest BCUT2D eigenvalue weighted by Gasteiger charge is 2.27. The molecule has 6 heteroatoms. The van der Waals surface area contributed by atoms with Crippen LogP contribution in [0, 0.1) is 19.3 Å². The summed E-state index contributed by atoms with van der Waals surface area (Å²) < 4.78 is 10.8. The van der Waals surface area contributed by atoms with Gasteiger partial charge in [0.1, 0.15) is 5.54 Å². The molecule has 0 bridgehead atoms. The number of nitrogens with zero attached hydrogens (tertiary/aromatic N) is 2. The van der Waals surface area contributed by atoms with Crippen LogP contribution in [0.1, 0.15) is 37.8 Å². The Labute approximate surface area is 175 Å². The third-order valence-electron chi connectivity index (χ3n) is 5.93. The zero-order chi connectivity index (χ0) is 21.4. The summed E-state index contributed by atoms with van der Waals surface area (Å²) in [6.07, 6.45) is 7.13. The number of carbonyl (C=O) groups is 1. The van der Waals surface area contributed by atoms with Gasteiger partial charge in [0.05, 0.1) is 20.8 Å². The third-order valence-corrected chi connectivity index (χ3v) is 5.93. The van der Waals surface area contributed by atoms with Crippen LogP contribution < -0.4 is 14.8 Å². The molecule has 0 unspecified atom stereocenters. The summed E-state index contributed by atoms with van der Waals surface area (Å²) >= 11 is 0. The van der Waals surface area contributed by atoms with Crippen LogP contribution in [0.15, 0.2) is 12.1 Å². The van der Waals surface area contributed by atoms with Gasteiger partial charge in [-0.05, 0) is 43.0 Å². The van der Waals surface area contributed by atoms with Crippen molar-refractivity contribution in [2.45, 2.75) is 45.7 Å². The van der Waals surface area contributed by atoms with Crippen LogP contribution in [-0.2, 0) is 11.3 Å². The highest BCUT2D eigenvalue weighted by molar-refractivity contribution is 5.79. The highest BCUT2D eigenvalue weighted by Crippen LogP contribution is 2.31. The SMILES string of the molecule is C#CC(CC)(CC)NC(=O)CN1CCN(Cc2cc(OC)c(OC)cc2C)CC1. The molecule has 160 valence electrons. The Bertz CT molecular complexity index is 730. The number of methoxy groups -OCH3 is 2. The first kappa shape index (κ1) is 23.1. The lowest BCUT2D eigenvalue weighted by Gasteiger charge is -2.35. The van der Waals surface area contributed by atoms with E-state index in [2.05, 4.69) is 34.0 Å². The Morgan fingerprint density at radius 3 is 2.17 bits per heavy atom. The first-order valence-corrected chi connectivity index (χ1v) is 10.3. The molecule has 6 nitrogen and oxygen atoms in total. The second kappa shape index (κ2) is 10.5. The summed E-state index contributed by atoms with van der Waals surface area (Å²) in [5.41, 5.74) is 1.90. The van der Waals surface area contributed by atoms with E-state index in [9.17, 15) is 4.79 Å². The van der Waals surface area contributed by atoms with E-state index in [0.717, 1.165) is 57.1 Å². The average Bonchev–Trinajstić information content (AvgIpc) is 2.74. The fourth-order valence-corrected chi connectivity index (χ4v) is 3.72.